The van der Waals surface area contributed by atoms with Crippen LogP contribution in [0.15, 0.2) is 72.8 Å². The number of hydrogen-bond acceptors (Lipinski definition) is 4. The van der Waals surface area contributed by atoms with E-state index in [4.69, 9.17) is 14.2 Å². The Morgan fingerprint density at radius 1 is 0.731 bits per heavy atom. The Hall–Kier alpha value is -3.14. The van der Waals surface area contributed by atoms with Crippen molar-refractivity contribution in [3.8, 4) is 17.2 Å². The van der Waals surface area contributed by atoms with E-state index in [2.05, 4.69) is 5.32 Å². The minimum absolute atomic E-state index is 0.504. The van der Waals surface area contributed by atoms with Gasteiger partial charge in [-0.25, -0.2) is 0 Å². The molecule has 3 rings (SSSR count). The van der Waals surface area contributed by atoms with Crippen molar-refractivity contribution in [3.63, 3.8) is 0 Å². The molecule has 0 fully saturated rings. The number of methoxy groups -OCH3 is 2. The lowest BCUT2D eigenvalue weighted by atomic mass is 10.2. The maximum Gasteiger partial charge on any atom is 0.162 e. The van der Waals surface area contributed by atoms with Gasteiger partial charge in [0.15, 0.2) is 11.5 Å². The zero-order valence-corrected chi connectivity index (χ0v) is 15.1. The molecule has 0 atom stereocenters. The first-order chi connectivity index (χ1) is 12.8. The first-order valence-electron chi connectivity index (χ1n) is 8.50. The summed E-state index contributed by atoms with van der Waals surface area (Å²) in [5.41, 5.74) is 3.23. The molecule has 0 heterocycles. The third-order valence-corrected chi connectivity index (χ3v) is 4.03. The Balaban J connectivity index is 1.68. The average Bonchev–Trinajstić information content (AvgIpc) is 2.71. The predicted octanol–water partition coefficient (Wildman–Crippen LogP) is 4.89. The zero-order chi connectivity index (χ0) is 18.2. The first kappa shape index (κ1) is 17.7. The third kappa shape index (κ3) is 4.70. The molecule has 134 valence electrons. The van der Waals surface area contributed by atoms with Crippen LogP contribution in [-0.2, 0) is 13.2 Å². The highest BCUT2D eigenvalue weighted by Gasteiger charge is 2.07. The summed E-state index contributed by atoms with van der Waals surface area (Å²) in [6.07, 6.45) is 0. The van der Waals surface area contributed by atoms with E-state index in [1.165, 1.54) is 0 Å². The van der Waals surface area contributed by atoms with Gasteiger partial charge in [0.2, 0.25) is 0 Å². The van der Waals surface area contributed by atoms with Crippen LogP contribution >= 0.6 is 0 Å². The fourth-order valence-electron chi connectivity index (χ4n) is 2.62. The fourth-order valence-corrected chi connectivity index (χ4v) is 2.62. The molecule has 3 aromatic rings. The van der Waals surface area contributed by atoms with Crippen LogP contribution < -0.4 is 19.5 Å². The minimum atomic E-state index is 0.504. The number of ether oxygens (including phenoxy) is 3. The van der Waals surface area contributed by atoms with Gasteiger partial charge in [0.05, 0.1) is 14.2 Å². The Morgan fingerprint density at radius 3 is 2.35 bits per heavy atom. The van der Waals surface area contributed by atoms with Crippen LogP contribution in [0.1, 0.15) is 11.1 Å². The second-order valence-electron chi connectivity index (χ2n) is 5.84. The highest BCUT2D eigenvalue weighted by atomic mass is 16.5. The summed E-state index contributed by atoms with van der Waals surface area (Å²) in [4.78, 5) is 0. The van der Waals surface area contributed by atoms with E-state index in [1.54, 1.807) is 14.2 Å². The zero-order valence-electron chi connectivity index (χ0n) is 15.1. The Labute approximate surface area is 154 Å². The van der Waals surface area contributed by atoms with E-state index < -0.39 is 0 Å². The molecule has 0 aliphatic heterocycles. The van der Waals surface area contributed by atoms with Gasteiger partial charge in [0.25, 0.3) is 0 Å². The fraction of sp³-hybridized carbons (Fsp3) is 0.182. The molecular weight excluding hydrogens is 326 g/mol. The summed E-state index contributed by atoms with van der Waals surface area (Å²) < 4.78 is 16.6. The van der Waals surface area contributed by atoms with Crippen LogP contribution in [0.25, 0.3) is 0 Å². The van der Waals surface area contributed by atoms with Gasteiger partial charge in [-0.1, -0.05) is 42.5 Å². The van der Waals surface area contributed by atoms with Gasteiger partial charge < -0.3 is 19.5 Å². The quantitative estimate of drug-likeness (QED) is 0.628. The van der Waals surface area contributed by atoms with Crippen LogP contribution in [0, 0.1) is 0 Å². The molecule has 0 bridgehead atoms. The molecule has 0 aliphatic rings. The molecular formula is C22H23NO3. The normalized spacial score (nSPS) is 10.2. The third-order valence-electron chi connectivity index (χ3n) is 4.03. The van der Waals surface area contributed by atoms with Crippen molar-refractivity contribution in [1.29, 1.82) is 0 Å². The van der Waals surface area contributed by atoms with Gasteiger partial charge in [-0.3, -0.25) is 0 Å². The maximum absolute atomic E-state index is 5.97. The topological polar surface area (TPSA) is 39.7 Å². The molecule has 0 radical (unpaired) electrons. The van der Waals surface area contributed by atoms with Crippen molar-refractivity contribution in [2.45, 2.75) is 13.2 Å². The number of benzene rings is 3. The molecule has 0 amide bonds. The Bertz CT molecular complexity index is 834. The highest BCUT2D eigenvalue weighted by Crippen LogP contribution is 2.29. The van der Waals surface area contributed by atoms with Crippen LogP contribution in [0.5, 0.6) is 17.2 Å². The van der Waals surface area contributed by atoms with Crippen molar-refractivity contribution in [2.75, 3.05) is 19.5 Å². The van der Waals surface area contributed by atoms with Crippen molar-refractivity contribution in [3.05, 3.63) is 83.9 Å². The van der Waals surface area contributed by atoms with Crippen LogP contribution in [0.4, 0.5) is 5.69 Å². The molecule has 0 unspecified atom stereocenters. The standard InChI is InChI=1S/C22H23NO3/c1-24-20-10-6-9-19(14-20)23-15-18-11-12-21(25-2)22(13-18)26-16-17-7-4-3-5-8-17/h3-14,23H,15-16H2,1-2H3. The second kappa shape index (κ2) is 8.81. The predicted molar refractivity (Wildman–Crippen MR) is 104 cm³/mol. The summed E-state index contributed by atoms with van der Waals surface area (Å²) in [5.74, 6) is 2.30. The van der Waals surface area contributed by atoms with E-state index in [0.717, 1.165) is 34.1 Å². The van der Waals surface area contributed by atoms with Gasteiger partial charge in [0.1, 0.15) is 12.4 Å². The molecule has 4 heteroatoms. The summed E-state index contributed by atoms with van der Waals surface area (Å²) in [7, 11) is 3.32. The van der Waals surface area contributed by atoms with E-state index >= 15 is 0 Å². The average molecular weight is 349 g/mol. The summed E-state index contributed by atoms with van der Waals surface area (Å²) in [6, 6.07) is 23.9. The molecule has 0 saturated carbocycles. The highest BCUT2D eigenvalue weighted by molar-refractivity contribution is 5.49. The SMILES string of the molecule is COc1cccc(NCc2ccc(OC)c(OCc3ccccc3)c2)c1. The molecule has 4 nitrogen and oxygen atoms in total. The van der Waals surface area contributed by atoms with Crippen LogP contribution in [0.2, 0.25) is 0 Å². The summed E-state index contributed by atoms with van der Waals surface area (Å²) >= 11 is 0. The molecule has 0 aliphatic carbocycles. The monoisotopic (exact) mass is 349 g/mol. The largest absolute Gasteiger partial charge is 0.497 e. The lowest BCUT2D eigenvalue weighted by Gasteiger charge is -2.13. The number of hydrogen-bond donors (Lipinski definition) is 1. The number of anilines is 1. The van der Waals surface area contributed by atoms with Gasteiger partial charge in [-0.15, -0.1) is 0 Å². The molecule has 3 aromatic carbocycles. The van der Waals surface area contributed by atoms with Crippen molar-refractivity contribution >= 4 is 5.69 Å². The molecule has 0 saturated heterocycles. The van der Waals surface area contributed by atoms with Crippen LogP contribution in [0.3, 0.4) is 0 Å². The Morgan fingerprint density at radius 2 is 1.58 bits per heavy atom. The van der Waals surface area contributed by atoms with E-state index in [9.17, 15) is 0 Å². The van der Waals surface area contributed by atoms with E-state index in [-0.39, 0.29) is 0 Å². The lowest BCUT2D eigenvalue weighted by molar-refractivity contribution is 0.284. The van der Waals surface area contributed by atoms with Crippen molar-refractivity contribution in [2.24, 2.45) is 0 Å². The van der Waals surface area contributed by atoms with Gasteiger partial charge >= 0.3 is 0 Å². The molecule has 26 heavy (non-hydrogen) atoms. The van der Waals surface area contributed by atoms with E-state index in [1.807, 2.05) is 72.8 Å². The molecule has 0 spiro atoms. The lowest BCUT2D eigenvalue weighted by Crippen LogP contribution is -2.02. The molecule has 1 N–H and O–H groups in total. The van der Waals surface area contributed by atoms with E-state index in [0.29, 0.717) is 13.2 Å². The summed E-state index contributed by atoms with van der Waals surface area (Å²) in [6.45, 7) is 1.18. The van der Waals surface area contributed by atoms with Gasteiger partial charge in [0, 0.05) is 18.3 Å². The van der Waals surface area contributed by atoms with Crippen molar-refractivity contribution in [1.82, 2.24) is 0 Å². The minimum Gasteiger partial charge on any atom is -0.497 e. The maximum atomic E-state index is 5.97. The summed E-state index contributed by atoms with van der Waals surface area (Å²) in [5, 5.41) is 3.40. The van der Waals surface area contributed by atoms with Crippen molar-refractivity contribution < 1.29 is 14.2 Å². The first-order valence-corrected chi connectivity index (χ1v) is 8.50. The number of rotatable bonds is 8. The molecule has 0 aromatic heterocycles. The van der Waals surface area contributed by atoms with Gasteiger partial charge in [-0.05, 0) is 35.4 Å². The number of nitrogens with one attached hydrogen (secondary N) is 1. The Kier molecular flexibility index (Phi) is 5.99. The van der Waals surface area contributed by atoms with Crippen LogP contribution in [-0.4, -0.2) is 14.2 Å². The smallest absolute Gasteiger partial charge is 0.162 e. The second-order valence-corrected chi connectivity index (χ2v) is 5.84. The van der Waals surface area contributed by atoms with Gasteiger partial charge in [-0.2, -0.15) is 0 Å².